The van der Waals surface area contributed by atoms with E-state index in [0.717, 1.165) is 104 Å². The molecule has 13 aromatic rings. The number of sulfonamides is 1. The fourth-order valence-corrected chi connectivity index (χ4v) is 23.8. The van der Waals surface area contributed by atoms with Crippen molar-refractivity contribution in [1.82, 2.24) is 73.3 Å². The number of fused-ring (bicyclic) bond motifs is 3. The zero-order chi connectivity index (χ0) is 92.3. The lowest BCUT2D eigenvalue weighted by Crippen LogP contribution is -2.40. The van der Waals surface area contributed by atoms with E-state index in [2.05, 4.69) is 152 Å². The molecule has 6 aromatic carbocycles. The molecule has 26 nitrogen and oxygen atoms in total. The number of anilines is 6. The van der Waals surface area contributed by atoms with Gasteiger partial charge in [0, 0.05) is 142 Å². The second-order valence-corrected chi connectivity index (χ2v) is 43.8. The monoisotopic (exact) mass is 1870 g/mol. The number of likely N-dealkylation sites (N-methyl/N-ethyl adjacent to an activating group) is 1. The second-order valence-electron chi connectivity index (χ2n) is 35.3. The number of halogens is 3. The Labute approximate surface area is 773 Å². The van der Waals surface area contributed by atoms with Crippen molar-refractivity contribution in [2.75, 3.05) is 108 Å². The molecular formula is C99H115F3N18O8S4. The minimum absolute atomic E-state index is 0. The molecule has 4 unspecified atom stereocenters. The molecule has 6 aliphatic rings. The standard InChI is InChI=1S/C38H39F3N6O3S.C32H38N6O3S2.C29H32N6O2S.3H2/c1-46-20-16-30(17-21-46)51(49,50)34-9-5-3-7-31(34)32-22-28-23-43-37(44-29-12-10-25(11-13-29)26-14-18-42-19-15-26)45-35(28)47(36(32)48)24-27-6-2-4-8-33(27)38(39,40)41;1-36-16-13-24(21-36)22-5-9-26(10-6-22)34-32-33-20-25-19-29(23-7-11-28(12-8-23)42(2)3)31(39)38(30(25)35-32)27-14-17-37(18-15-27)43(4,40)41;1-3-35-27-21(15-25(28(35)36)26-13-12-24(18-31-26)38(2,37)23-10-11-23)17-32-29(34-27)33-22-8-6-19(7-9-22)20-5-4-14-30-16-20;;;/h2-13,22-23,26,30,42H,14-21,24H2,1H3,(H,43,44,45);5-12,19-20,24,27H,2,13-18,21H2,1,3-4H3,(H,33,34,35);6-9,12-13,15,17-18,20,23,30H,2-5,10-11,14,16H2,1H3,(H,32,33,34);3*1H. The number of nitrogens with zero attached hydrogens (tertiary/aromatic N) is 13. The van der Waals surface area contributed by atoms with Crippen LogP contribution in [0.15, 0.2) is 230 Å². The van der Waals surface area contributed by atoms with E-state index in [1.807, 2.05) is 56.4 Å². The number of rotatable bonds is 22. The molecule has 694 valence electrons. The zero-order valence-electron chi connectivity index (χ0n) is 74.5. The van der Waals surface area contributed by atoms with Crippen molar-refractivity contribution in [3.05, 3.63) is 260 Å². The number of aromatic nitrogens is 10. The number of sulfone groups is 1. The molecule has 1 saturated carbocycles. The van der Waals surface area contributed by atoms with Crippen molar-refractivity contribution < 1.29 is 38.5 Å². The van der Waals surface area contributed by atoms with Gasteiger partial charge < -0.3 is 36.4 Å². The molecular weight excluding hydrogens is 1750 g/mol. The smallest absolute Gasteiger partial charge is 0.324 e. The first-order valence-corrected chi connectivity index (χ1v) is 51.9. The van der Waals surface area contributed by atoms with Crippen LogP contribution in [0.1, 0.15) is 133 Å². The third kappa shape index (κ3) is 20.6. The molecule has 1 aliphatic carbocycles. The van der Waals surface area contributed by atoms with E-state index in [-0.39, 0.29) is 70.4 Å². The number of pyridine rings is 4. The summed E-state index contributed by atoms with van der Waals surface area (Å²) in [6.07, 6.45) is 14.7. The Balaban J connectivity index is 0.000000162. The molecule has 0 radical (unpaired) electrons. The SMILES string of the molecule is C=S(=O)(c1ccc(-c2cc3cnc(Nc4ccc(C5CCCNC5)cc4)nc3n(CC)c2=O)nc1)C1CC1.C=S(C)c1ccc(-c2cc3cnc(Nc4ccc(C5CCN(C)C5)cc4)nc3n(C3CCN(S(C)(=O)=O)CC3)c2=O)cc1.CN1CCC(S(=O)(=O)c2ccccc2-c2cc3cnc(Nc4ccc(C5CCNCC5)cc4)nc3n(Cc3ccccc3C(F)(F)F)c2=O)CC1.[HH].[HH].[HH]. The maximum Gasteiger partial charge on any atom is 0.416 e. The van der Waals surface area contributed by atoms with E-state index in [4.69, 9.17) is 4.98 Å². The summed E-state index contributed by atoms with van der Waals surface area (Å²) >= 11 is 0. The van der Waals surface area contributed by atoms with Crippen molar-refractivity contribution in [3.8, 4) is 33.5 Å². The van der Waals surface area contributed by atoms with Gasteiger partial charge in [-0.2, -0.15) is 38.6 Å². The Morgan fingerprint density at radius 3 is 1.60 bits per heavy atom. The lowest BCUT2D eigenvalue weighted by atomic mass is 9.90. The third-order valence-corrected chi connectivity index (χ3v) is 33.5. The molecule has 0 bridgehead atoms. The van der Waals surface area contributed by atoms with E-state index in [1.165, 1.54) is 87.6 Å². The Morgan fingerprint density at radius 1 is 0.515 bits per heavy atom. The topological polar surface area (TPSA) is 311 Å². The fraction of sp³-hybridized carbons (Fsp3) is 0.354. The minimum atomic E-state index is -4.66. The van der Waals surface area contributed by atoms with Gasteiger partial charge >= 0.3 is 6.18 Å². The summed E-state index contributed by atoms with van der Waals surface area (Å²) < 4.78 is 114. The summed E-state index contributed by atoms with van der Waals surface area (Å²) in [5.41, 5.74) is 8.25. The number of hydrogen-bond acceptors (Lipinski definition) is 22. The molecule has 33 heteroatoms. The fourth-order valence-electron chi connectivity index (χ4n) is 18.6. The van der Waals surface area contributed by atoms with Crippen LogP contribution in [-0.2, 0) is 48.6 Å². The number of alkyl halides is 3. The zero-order valence-corrected chi connectivity index (χ0v) is 77.8. The van der Waals surface area contributed by atoms with Crippen molar-refractivity contribution in [2.24, 2.45) is 0 Å². The van der Waals surface area contributed by atoms with Crippen LogP contribution >= 0.6 is 10.5 Å². The lowest BCUT2D eigenvalue weighted by Gasteiger charge is -2.32. The largest absolute Gasteiger partial charge is 0.416 e. The molecule has 4 atom stereocenters. The maximum atomic E-state index is 14.5. The molecule has 6 fully saturated rings. The quantitative estimate of drug-likeness (QED) is 0.0394. The van der Waals surface area contributed by atoms with Crippen LogP contribution in [-0.4, -0.2) is 198 Å². The summed E-state index contributed by atoms with van der Waals surface area (Å²) in [7, 11) is -5.51. The first-order valence-electron chi connectivity index (χ1n) is 44.9. The van der Waals surface area contributed by atoms with Crippen LogP contribution in [0.5, 0.6) is 0 Å². The van der Waals surface area contributed by atoms with Gasteiger partial charge in [-0.25, -0.2) is 36.1 Å². The molecule has 5 N–H and O–H groups in total. The molecule has 5 aliphatic heterocycles. The van der Waals surface area contributed by atoms with Crippen LogP contribution in [0, 0.1) is 0 Å². The number of hydrogen-bond donors (Lipinski definition) is 5. The molecule has 0 amide bonds. The number of piperidine rings is 4. The number of nitrogens with one attached hydrogen (secondary N) is 5. The van der Waals surface area contributed by atoms with Gasteiger partial charge in [0.05, 0.1) is 39.8 Å². The summed E-state index contributed by atoms with van der Waals surface area (Å²) in [4.78, 5) is 80.6. The molecule has 5 saturated heterocycles. The predicted molar refractivity (Wildman–Crippen MR) is 530 cm³/mol. The van der Waals surface area contributed by atoms with Crippen molar-refractivity contribution in [3.63, 3.8) is 0 Å². The summed E-state index contributed by atoms with van der Waals surface area (Å²) in [5, 5.41) is 18.0. The van der Waals surface area contributed by atoms with Gasteiger partial charge in [0.15, 0.2) is 9.84 Å². The van der Waals surface area contributed by atoms with Gasteiger partial charge in [0.1, 0.15) is 16.9 Å². The number of aryl methyl sites for hydroxylation is 1. The molecule has 0 spiro atoms. The van der Waals surface area contributed by atoms with Gasteiger partial charge in [0.25, 0.3) is 16.7 Å². The van der Waals surface area contributed by atoms with Crippen LogP contribution in [0.4, 0.5) is 48.1 Å². The summed E-state index contributed by atoms with van der Waals surface area (Å²) in [5.74, 6) is 10.7. The molecule has 12 heterocycles. The van der Waals surface area contributed by atoms with Crippen molar-refractivity contribution >= 4 is 120 Å². The van der Waals surface area contributed by atoms with Crippen LogP contribution in [0.3, 0.4) is 0 Å². The Morgan fingerprint density at radius 2 is 1.05 bits per heavy atom. The number of benzene rings is 6. The van der Waals surface area contributed by atoms with Gasteiger partial charge in [0.2, 0.25) is 27.9 Å². The maximum absolute atomic E-state index is 14.5. The number of likely N-dealkylation sites (tertiary alicyclic amines) is 2. The Bertz CT molecular complexity index is 7020. The minimum Gasteiger partial charge on any atom is -0.324 e. The Hall–Kier alpha value is -11.5. The normalized spacial score (nSPS) is 18.4. The van der Waals surface area contributed by atoms with Crippen molar-refractivity contribution in [2.45, 2.75) is 146 Å². The van der Waals surface area contributed by atoms with Crippen LogP contribution < -0.4 is 43.3 Å². The van der Waals surface area contributed by atoms with Crippen LogP contribution in [0.2, 0.25) is 0 Å². The highest BCUT2D eigenvalue weighted by molar-refractivity contribution is 8.13. The van der Waals surface area contributed by atoms with E-state index >= 15 is 0 Å². The van der Waals surface area contributed by atoms with Crippen LogP contribution in [0.25, 0.3) is 66.6 Å². The first-order chi connectivity index (χ1) is 63.5. The predicted octanol–water partition coefficient (Wildman–Crippen LogP) is 16.6. The molecule has 19 rings (SSSR count). The van der Waals surface area contributed by atoms with Gasteiger partial charge in [-0.1, -0.05) is 90.8 Å². The van der Waals surface area contributed by atoms with Gasteiger partial charge in [-0.15, -0.1) is 0 Å². The second kappa shape index (κ2) is 39.3. The van der Waals surface area contributed by atoms with E-state index < -0.39 is 58.5 Å². The van der Waals surface area contributed by atoms with Gasteiger partial charge in [-0.05, 0) is 280 Å². The van der Waals surface area contributed by atoms with E-state index in [0.29, 0.717) is 132 Å². The lowest BCUT2D eigenvalue weighted by molar-refractivity contribution is -0.138. The van der Waals surface area contributed by atoms with E-state index in [9.17, 15) is 48.6 Å². The third-order valence-electron chi connectivity index (χ3n) is 26.2. The average Bonchev–Trinajstić information content (AvgIpc) is 1.46. The molecule has 132 heavy (non-hydrogen) atoms. The molecule has 7 aromatic heterocycles. The average molecular weight is 1870 g/mol. The first kappa shape index (κ1) is 92.3. The highest BCUT2D eigenvalue weighted by Gasteiger charge is 2.37. The highest BCUT2D eigenvalue weighted by Crippen LogP contribution is 2.40. The summed E-state index contributed by atoms with van der Waals surface area (Å²) in [6, 6.07) is 52.8. The summed E-state index contributed by atoms with van der Waals surface area (Å²) in [6.45, 7) is 10.2. The Kier molecular flexibility index (Phi) is 27.5. The van der Waals surface area contributed by atoms with E-state index in [1.54, 1.807) is 64.1 Å². The highest BCUT2D eigenvalue weighted by atomic mass is 32.2. The van der Waals surface area contributed by atoms with Crippen molar-refractivity contribution in [1.29, 1.82) is 0 Å². The van der Waals surface area contributed by atoms with Gasteiger partial charge in [-0.3, -0.25) is 37.3 Å².